The van der Waals surface area contributed by atoms with Gasteiger partial charge in [-0.3, -0.25) is 9.78 Å². The highest BCUT2D eigenvalue weighted by molar-refractivity contribution is 5.96. The van der Waals surface area contributed by atoms with E-state index in [9.17, 15) is 4.79 Å². The van der Waals surface area contributed by atoms with E-state index in [1.807, 2.05) is 21.0 Å². The number of nitrogens with one attached hydrogen (secondary N) is 1. The van der Waals surface area contributed by atoms with E-state index in [1.54, 1.807) is 18.5 Å². The molecule has 3 N–H and O–H groups in total. The van der Waals surface area contributed by atoms with Crippen LogP contribution < -0.4 is 11.1 Å². The van der Waals surface area contributed by atoms with E-state index in [0.717, 1.165) is 13.0 Å². The first-order chi connectivity index (χ1) is 9.54. The predicted molar refractivity (Wildman–Crippen MR) is 80.3 cm³/mol. The van der Waals surface area contributed by atoms with Gasteiger partial charge in [0, 0.05) is 18.4 Å². The number of amides is 1. The lowest BCUT2D eigenvalue weighted by molar-refractivity contribution is 0.0936. The first-order valence-electron chi connectivity index (χ1n) is 6.63. The molecule has 0 aliphatic rings. The SMILES string of the molecule is CC(CCN(C)C)NC(=O)c1ccncc1C#CCN. The van der Waals surface area contributed by atoms with Gasteiger partial charge in [0.2, 0.25) is 0 Å². The molecule has 0 aromatic carbocycles. The Morgan fingerprint density at radius 1 is 1.55 bits per heavy atom. The third kappa shape index (κ3) is 5.39. The molecule has 5 heteroatoms. The topological polar surface area (TPSA) is 71.2 Å². The van der Waals surface area contributed by atoms with Crippen LogP contribution in [-0.4, -0.2) is 49.0 Å². The lowest BCUT2D eigenvalue weighted by Crippen LogP contribution is -2.35. The Balaban J connectivity index is 2.72. The fraction of sp³-hybridized carbons (Fsp3) is 0.467. The Labute approximate surface area is 120 Å². The van der Waals surface area contributed by atoms with Crippen molar-refractivity contribution in [3.63, 3.8) is 0 Å². The summed E-state index contributed by atoms with van der Waals surface area (Å²) in [5, 5.41) is 2.98. The normalized spacial score (nSPS) is 11.7. The van der Waals surface area contributed by atoms with Gasteiger partial charge in [-0.2, -0.15) is 0 Å². The van der Waals surface area contributed by atoms with Crippen molar-refractivity contribution in [2.75, 3.05) is 27.2 Å². The summed E-state index contributed by atoms with van der Waals surface area (Å²) in [6.07, 6.45) is 4.07. The molecule has 1 atom stereocenters. The quantitative estimate of drug-likeness (QED) is 0.765. The van der Waals surface area contributed by atoms with Gasteiger partial charge < -0.3 is 16.0 Å². The van der Waals surface area contributed by atoms with Crippen LogP contribution in [0, 0.1) is 11.8 Å². The summed E-state index contributed by atoms with van der Waals surface area (Å²) in [5.41, 5.74) is 6.50. The van der Waals surface area contributed by atoms with Crippen molar-refractivity contribution < 1.29 is 4.79 Å². The number of carbonyl (C=O) groups excluding carboxylic acids is 1. The smallest absolute Gasteiger partial charge is 0.252 e. The zero-order valence-corrected chi connectivity index (χ0v) is 12.3. The van der Waals surface area contributed by atoms with E-state index < -0.39 is 0 Å². The second-order valence-corrected chi connectivity index (χ2v) is 4.89. The van der Waals surface area contributed by atoms with Crippen molar-refractivity contribution in [2.45, 2.75) is 19.4 Å². The minimum atomic E-state index is -0.125. The first-order valence-corrected chi connectivity index (χ1v) is 6.63. The fourth-order valence-corrected chi connectivity index (χ4v) is 1.66. The maximum Gasteiger partial charge on any atom is 0.252 e. The van der Waals surface area contributed by atoms with Gasteiger partial charge in [-0.25, -0.2) is 0 Å². The number of nitrogens with two attached hydrogens (primary N) is 1. The minimum Gasteiger partial charge on any atom is -0.349 e. The predicted octanol–water partition coefficient (Wildman–Crippen LogP) is 0.462. The Kier molecular flexibility index (Phi) is 6.71. The largest absolute Gasteiger partial charge is 0.349 e. The van der Waals surface area contributed by atoms with Crippen molar-refractivity contribution in [1.82, 2.24) is 15.2 Å². The Bertz CT molecular complexity index is 502. The van der Waals surface area contributed by atoms with Gasteiger partial charge >= 0.3 is 0 Å². The third-order valence-corrected chi connectivity index (χ3v) is 2.78. The lowest BCUT2D eigenvalue weighted by atomic mass is 10.1. The zero-order chi connectivity index (χ0) is 15.0. The van der Waals surface area contributed by atoms with E-state index in [-0.39, 0.29) is 18.5 Å². The van der Waals surface area contributed by atoms with E-state index in [2.05, 4.69) is 27.0 Å². The molecule has 0 saturated heterocycles. The second kappa shape index (κ2) is 8.31. The van der Waals surface area contributed by atoms with Crippen molar-refractivity contribution in [2.24, 2.45) is 5.73 Å². The number of pyridine rings is 1. The molecule has 1 aromatic heterocycles. The van der Waals surface area contributed by atoms with Gasteiger partial charge in [0.1, 0.15) is 0 Å². The summed E-state index contributed by atoms with van der Waals surface area (Å²) < 4.78 is 0. The summed E-state index contributed by atoms with van der Waals surface area (Å²) in [6.45, 7) is 3.18. The van der Waals surface area contributed by atoms with Gasteiger partial charge in [-0.1, -0.05) is 11.8 Å². The second-order valence-electron chi connectivity index (χ2n) is 4.89. The minimum absolute atomic E-state index is 0.105. The van der Waals surface area contributed by atoms with Gasteiger partial charge in [0.05, 0.1) is 17.7 Å². The molecular formula is C15H22N4O. The summed E-state index contributed by atoms with van der Waals surface area (Å²) in [7, 11) is 4.02. The molecule has 0 saturated carbocycles. The summed E-state index contributed by atoms with van der Waals surface area (Å²) in [5.74, 6) is 5.49. The number of aromatic nitrogens is 1. The third-order valence-electron chi connectivity index (χ3n) is 2.78. The molecule has 0 fully saturated rings. The average Bonchev–Trinajstić information content (AvgIpc) is 2.43. The molecule has 5 nitrogen and oxygen atoms in total. The molecule has 20 heavy (non-hydrogen) atoms. The molecule has 1 amide bonds. The molecule has 1 aromatic rings. The summed E-state index contributed by atoms with van der Waals surface area (Å²) in [6, 6.07) is 1.78. The van der Waals surface area contributed by atoms with E-state index in [0.29, 0.717) is 11.1 Å². The summed E-state index contributed by atoms with van der Waals surface area (Å²) >= 11 is 0. The van der Waals surface area contributed by atoms with Gasteiger partial charge in [-0.05, 0) is 40.1 Å². The molecular weight excluding hydrogens is 252 g/mol. The molecule has 0 spiro atoms. The molecule has 0 aliphatic carbocycles. The Morgan fingerprint density at radius 2 is 2.30 bits per heavy atom. The molecule has 108 valence electrons. The maximum atomic E-state index is 12.2. The molecule has 0 radical (unpaired) electrons. The maximum absolute atomic E-state index is 12.2. The molecule has 1 rings (SSSR count). The standard InChI is InChI=1S/C15H22N4O/c1-12(7-10-19(2)3)18-15(20)14-6-9-17-11-13(14)5-4-8-16/h6,9,11-12H,7-8,10,16H2,1-3H3,(H,18,20). The van der Waals surface area contributed by atoms with Crippen LogP contribution in [0.4, 0.5) is 0 Å². The van der Waals surface area contributed by atoms with Crippen molar-refractivity contribution in [1.29, 1.82) is 0 Å². The van der Waals surface area contributed by atoms with Crippen molar-refractivity contribution in [3.8, 4) is 11.8 Å². The lowest BCUT2D eigenvalue weighted by Gasteiger charge is -2.17. The highest BCUT2D eigenvalue weighted by atomic mass is 16.1. The monoisotopic (exact) mass is 274 g/mol. The van der Waals surface area contributed by atoms with Crippen molar-refractivity contribution >= 4 is 5.91 Å². The van der Waals surface area contributed by atoms with Crippen LogP contribution in [-0.2, 0) is 0 Å². The number of hydrogen-bond donors (Lipinski definition) is 2. The van der Waals surface area contributed by atoms with E-state index >= 15 is 0 Å². The Morgan fingerprint density at radius 3 is 2.95 bits per heavy atom. The molecule has 1 heterocycles. The highest BCUT2D eigenvalue weighted by Gasteiger charge is 2.13. The van der Waals surface area contributed by atoms with Crippen LogP contribution in [0.15, 0.2) is 18.5 Å². The van der Waals surface area contributed by atoms with Crippen molar-refractivity contribution in [3.05, 3.63) is 29.6 Å². The van der Waals surface area contributed by atoms with Crippen LogP contribution in [0.1, 0.15) is 29.3 Å². The average molecular weight is 274 g/mol. The molecule has 1 unspecified atom stereocenters. The number of hydrogen-bond acceptors (Lipinski definition) is 4. The zero-order valence-electron chi connectivity index (χ0n) is 12.3. The Hall–Kier alpha value is -1.90. The molecule has 0 aliphatic heterocycles. The van der Waals surface area contributed by atoms with Gasteiger partial charge in [-0.15, -0.1) is 0 Å². The first kappa shape index (κ1) is 16.2. The number of carbonyl (C=O) groups is 1. The van der Waals surface area contributed by atoms with E-state index in [1.165, 1.54) is 0 Å². The number of rotatable bonds is 5. The number of nitrogens with zero attached hydrogens (tertiary/aromatic N) is 2. The molecule has 0 bridgehead atoms. The van der Waals surface area contributed by atoms with Gasteiger partial charge in [0.15, 0.2) is 0 Å². The van der Waals surface area contributed by atoms with Crippen LogP contribution in [0.25, 0.3) is 0 Å². The van der Waals surface area contributed by atoms with Gasteiger partial charge in [0.25, 0.3) is 5.91 Å². The van der Waals surface area contributed by atoms with E-state index in [4.69, 9.17) is 5.73 Å². The van der Waals surface area contributed by atoms with Crippen LogP contribution in [0.5, 0.6) is 0 Å². The highest BCUT2D eigenvalue weighted by Crippen LogP contribution is 2.06. The summed E-state index contributed by atoms with van der Waals surface area (Å²) in [4.78, 5) is 18.3. The van der Waals surface area contributed by atoms with Crippen LogP contribution in [0.2, 0.25) is 0 Å². The fourth-order valence-electron chi connectivity index (χ4n) is 1.66. The van der Waals surface area contributed by atoms with Crippen LogP contribution >= 0.6 is 0 Å². The van der Waals surface area contributed by atoms with Crippen LogP contribution in [0.3, 0.4) is 0 Å².